The number of nitrogens with two attached hydrogens (primary N) is 1. The molecule has 0 aliphatic heterocycles. The molecule has 0 fully saturated rings. The van der Waals surface area contributed by atoms with E-state index in [0.29, 0.717) is 16.3 Å². The fraction of sp³-hybridized carbons (Fsp3) is 0.133. The fourth-order valence-corrected chi connectivity index (χ4v) is 2.02. The third-order valence-electron chi connectivity index (χ3n) is 2.82. The zero-order valence-corrected chi connectivity index (χ0v) is 10.9. The van der Waals surface area contributed by atoms with E-state index in [1.807, 2.05) is 37.3 Å². The molecule has 2 aromatic carbocycles. The number of carbonyl (C=O) groups excluding carboxylic acids is 1. The van der Waals surface area contributed by atoms with Gasteiger partial charge < -0.3 is 5.73 Å². The van der Waals surface area contributed by atoms with Crippen molar-refractivity contribution in [2.75, 3.05) is 5.73 Å². The summed E-state index contributed by atoms with van der Waals surface area (Å²) in [7, 11) is 0. The van der Waals surface area contributed by atoms with Gasteiger partial charge >= 0.3 is 0 Å². The molecule has 2 rings (SSSR count). The number of anilines is 1. The molecule has 0 spiro atoms. The molecule has 2 nitrogen and oxygen atoms in total. The number of Topliss-reactive ketones (excluding diaryl/α,β-unsaturated/α-hetero) is 1. The molecule has 0 bridgehead atoms. The number of halogens is 1. The lowest BCUT2D eigenvalue weighted by Gasteiger charge is -2.07. The van der Waals surface area contributed by atoms with E-state index in [2.05, 4.69) is 0 Å². The molecule has 0 heterocycles. The zero-order valence-electron chi connectivity index (χ0n) is 10.1. The summed E-state index contributed by atoms with van der Waals surface area (Å²) >= 11 is 6.04. The highest BCUT2D eigenvalue weighted by molar-refractivity contribution is 6.31. The maximum absolute atomic E-state index is 12.2. The van der Waals surface area contributed by atoms with Gasteiger partial charge in [-0.1, -0.05) is 41.4 Å². The van der Waals surface area contributed by atoms with Gasteiger partial charge in [0.15, 0.2) is 5.78 Å². The Bertz CT molecular complexity index is 593. The van der Waals surface area contributed by atoms with Crippen molar-refractivity contribution in [1.82, 2.24) is 0 Å². The van der Waals surface area contributed by atoms with Gasteiger partial charge in [-0.25, -0.2) is 0 Å². The van der Waals surface area contributed by atoms with Crippen LogP contribution in [-0.4, -0.2) is 5.78 Å². The minimum Gasteiger partial charge on any atom is -0.398 e. The van der Waals surface area contributed by atoms with E-state index in [1.165, 1.54) is 0 Å². The summed E-state index contributed by atoms with van der Waals surface area (Å²) < 4.78 is 0. The minimum atomic E-state index is -0.00991. The Morgan fingerprint density at radius 3 is 2.67 bits per heavy atom. The van der Waals surface area contributed by atoms with E-state index in [9.17, 15) is 4.79 Å². The third kappa shape index (κ3) is 2.71. The predicted octanol–water partition coefficient (Wildman–Crippen LogP) is 3.66. The van der Waals surface area contributed by atoms with E-state index >= 15 is 0 Å². The number of ketones is 1. The van der Waals surface area contributed by atoms with Gasteiger partial charge in [0.25, 0.3) is 0 Å². The first-order chi connectivity index (χ1) is 8.58. The first-order valence-electron chi connectivity index (χ1n) is 5.70. The Kier molecular flexibility index (Phi) is 3.68. The molecule has 0 saturated heterocycles. The van der Waals surface area contributed by atoms with Crippen molar-refractivity contribution in [3.63, 3.8) is 0 Å². The van der Waals surface area contributed by atoms with Gasteiger partial charge in [-0.05, 0) is 30.7 Å². The predicted molar refractivity (Wildman–Crippen MR) is 75.1 cm³/mol. The molecule has 0 aliphatic rings. The molecule has 0 aliphatic carbocycles. The molecule has 3 heteroatoms. The number of hydrogen-bond acceptors (Lipinski definition) is 2. The number of aryl methyl sites for hydroxylation is 1. The Morgan fingerprint density at radius 2 is 1.94 bits per heavy atom. The van der Waals surface area contributed by atoms with Crippen molar-refractivity contribution >= 4 is 23.1 Å². The smallest absolute Gasteiger partial charge is 0.169 e. The van der Waals surface area contributed by atoms with Crippen LogP contribution in [0.5, 0.6) is 0 Å². The van der Waals surface area contributed by atoms with Crippen molar-refractivity contribution in [3.05, 3.63) is 64.2 Å². The summed E-state index contributed by atoms with van der Waals surface area (Å²) in [4.78, 5) is 12.2. The lowest BCUT2D eigenvalue weighted by atomic mass is 10.00. The number of benzene rings is 2. The first kappa shape index (κ1) is 12.7. The average Bonchev–Trinajstić information content (AvgIpc) is 2.35. The first-order valence-corrected chi connectivity index (χ1v) is 6.08. The number of nitrogen functional groups attached to an aromatic ring is 1. The monoisotopic (exact) mass is 259 g/mol. The molecule has 0 unspecified atom stereocenters. The second-order valence-electron chi connectivity index (χ2n) is 4.28. The van der Waals surface area contributed by atoms with Crippen LogP contribution in [0.4, 0.5) is 5.69 Å². The average molecular weight is 260 g/mol. The highest BCUT2D eigenvalue weighted by Crippen LogP contribution is 2.20. The lowest BCUT2D eigenvalue weighted by Crippen LogP contribution is -2.07. The third-order valence-corrected chi connectivity index (χ3v) is 3.19. The van der Waals surface area contributed by atoms with Gasteiger partial charge in [-0.2, -0.15) is 0 Å². The molecule has 0 saturated carbocycles. The molecule has 2 N–H and O–H groups in total. The van der Waals surface area contributed by atoms with Gasteiger partial charge in [0, 0.05) is 22.7 Å². The maximum atomic E-state index is 12.2. The normalized spacial score (nSPS) is 10.3. The molecule has 92 valence electrons. The molecule has 0 atom stereocenters. The summed E-state index contributed by atoms with van der Waals surface area (Å²) in [5, 5.41) is 0.608. The van der Waals surface area contributed by atoms with Crippen molar-refractivity contribution in [2.24, 2.45) is 0 Å². The number of hydrogen-bond donors (Lipinski definition) is 1. The SMILES string of the molecule is Cc1ccc(N)c(C(=O)Cc2ccccc2Cl)c1. The highest BCUT2D eigenvalue weighted by Gasteiger charge is 2.12. The van der Waals surface area contributed by atoms with Crippen LogP contribution in [-0.2, 0) is 6.42 Å². The van der Waals surface area contributed by atoms with Crippen LogP contribution < -0.4 is 5.73 Å². The van der Waals surface area contributed by atoms with Gasteiger partial charge in [-0.3, -0.25) is 4.79 Å². The van der Waals surface area contributed by atoms with Crippen LogP contribution in [0, 0.1) is 6.92 Å². The van der Waals surface area contributed by atoms with Crippen LogP contribution >= 0.6 is 11.6 Å². The number of carbonyl (C=O) groups is 1. The van der Waals surface area contributed by atoms with Gasteiger partial charge in [0.1, 0.15) is 0 Å². The van der Waals surface area contributed by atoms with Gasteiger partial charge in [-0.15, -0.1) is 0 Å². The minimum absolute atomic E-state index is 0.00991. The Morgan fingerprint density at radius 1 is 1.22 bits per heavy atom. The van der Waals surface area contributed by atoms with E-state index in [0.717, 1.165) is 11.1 Å². The van der Waals surface area contributed by atoms with Crippen LogP contribution in [0.25, 0.3) is 0 Å². The van der Waals surface area contributed by atoms with Crippen molar-refractivity contribution in [1.29, 1.82) is 0 Å². The van der Waals surface area contributed by atoms with Crippen LogP contribution in [0.3, 0.4) is 0 Å². The molecule has 2 aromatic rings. The maximum Gasteiger partial charge on any atom is 0.169 e. The van der Waals surface area contributed by atoms with Gasteiger partial charge in [0.05, 0.1) is 0 Å². The molecular formula is C15H14ClNO. The number of rotatable bonds is 3. The quantitative estimate of drug-likeness (QED) is 0.675. The summed E-state index contributed by atoms with van der Waals surface area (Å²) in [5.41, 5.74) is 8.75. The Balaban J connectivity index is 2.28. The van der Waals surface area contributed by atoms with E-state index in [-0.39, 0.29) is 12.2 Å². The summed E-state index contributed by atoms with van der Waals surface area (Å²) in [6, 6.07) is 12.8. The van der Waals surface area contributed by atoms with E-state index < -0.39 is 0 Å². The molecule has 0 radical (unpaired) electrons. The van der Waals surface area contributed by atoms with Crippen molar-refractivity contribution < 1.29 is 4.79 Å². The van der Waals surface area contributed by atoms with Crippen molar-refractivity contribution in [3.8, 4) is 0 Å². The standard InChI is InChI=1S/C15H14ClNO/c1-10-6-7-14(17)12(8-10)15(18)9-11-4-2-3-5-13(11)16/h2-8H,9,17H2,1H3. The van der Waals surface area contributed by atoms with Crippen LogP contribution in [0.1, 0.15) is 21.5 Å². The zero-order chi connectivity index (χ0) is 13.1. The van der Waals surface area contributed by atoms with Gasteiger partial charge in [0.2, 0.25) is 0 Å². The fourth-order valence-electron chi connectivity index (χ4n) is 1.82. The lowest BCUT2D eigenvalue weighted by molar-refractivity contribution is 0.0994. The van der Waals surface area contributed by atoms with Crippen LogP contribution in [0.2, 0.25) is 5.02 Å². The Hall–Kier alpha value is -1.80. The van der Waals surface area contributed by atoms with Crippen molar-refractivity contribution in [2.45, 2.75) is 13.3 Å². The Labute approximate surface area is 111 Å². The summed E-state index contributed by atoms with van der Waals surface area (Å²) in [6.45, 7) is 1.94. The van der Waals surface area contributed by atoms with Crippen LogP contribution in [0.15, 0.2) is 42.5 Å². The second kappa shape index (κ2) is 5.23. The highest BCUT2D eigenvalue weighted by atomic mass is 35.5. The molecular weight excluding hydrogens is 246 g/mol. The molecule has 0 amide bonds. The second-order valence-corrected chi connectivity index (χ2v) is 4.69. The van der Waals surface area contributed by atoms with E-state index in [1.54, 1.807) is 12.1 Å². The largest absolute Gasteiger partial charge is 0.398 e. The van der Waals surface area contributed by atoms with E-state index in [4.69, 9.17) is 17.3 Å². The molecule has 18 heavy (non-hydrogen) atoms. The molecule has 0 aromatic heterocycles. The topological polar surface area (TPSA) is 43.1 Å². The summed E-state index contributed by atoms with van der Waals surface area (Å²) in [5.74, 6) is -0.00991. The summed E-state index contributed by atoms with van der Waals surface area (Å²) in [6.07, 6.45) is 0.271.